The van der Waals surface area contributed by atoms with Gasteiger partial charge in [0.25, 0.3) is 0 Å². The molecule has 3 N–H and O–H groups in total. The fourth-order valence-corrected chi connectivity index (χ4v) is 2.60. The second-order valence-corrected chi connectivity index (χ2v) is 5.28. The zero-order chi connectivity index (χ0) is 14.4. The number of halogens is 2. The standard InChI is InChI=1S/C15H22FN3O.ClH/c16-14-5-3-12(4-6-14)10-19-9-1-2-13(11-19)15(20)18-8-7-17;/h3-6,13H,1-2,7-11,17H2,(H,18,20);1H. The maximum atomic E-state index is 12.9. The van der Waals surface area contributed by atoms with Crippen LogP contribution in [0.1, 0.15) is 18.4 Å². The van der Waals surface area contributed by atoms with Crippen LogP contribution < -0.4 is 11.1 Å². The predicted molar refractivity (Wildman–Crippen MR) is 83.7 cm³/mol. The van der Waals surface area contributed by atoms with Crippen LogP contribution in [0.25, 0.3) is 0 Å². The number of piperidine rings is 1. The SMILES string of the molecule is Cl.NCCNC(=O)C1CCCN(Cc2ccc(F)cc2)C1. The molecule has 0 spiro atoms. The smallest absolute Gasteiger partial charge is 0.224 e. The van der Waals surface area contributed by atoms with E-state index in [1.54, 1.807) is 12.1 Å². The number of rotatable bonds is 5. The lowest BCUT2D eigenvalue weighted by Gasteiger charge is -2.32. The van der Waals surface area contributed by atoms with Crippen molar-refractivity contribution >= 4 is 18.3 Å². The lowest BCUT2D eigenvalue weighted by Crippen LogP contribution is -2.43. The van der Waals surface area contributed by atoms with E-state index in [1.807, 2.05) is 0 Å². The number of carbonyl (C=O) groups is 1. The van der Waals surface area contributed by atoms with E-state index in [0.29, 0.717) is 13.1 Å². The first kappa shape index (κ1) is 17.9. The average Bonchev–Trinajstić information content (AvgIpc) is 2.47. The molecule has 1 aliphatic heterocycles. The number of amides is 1. The Bertz CT molecular complexity index is 441. The topological polar surface area (TPSA) is 58.4 Å². The van der Waals surface area contributed by atoms with Gasteiger partial charge in [0.1, 0.15) is 5.82 Å². The molecule has 0 saturated carbocycles. The Morgan fingerprint density at radius 2 is 2.10 bits per heavy atom. The Morgan fingerprint density at radius 3 is 2.76 bits per heavy atom. The van der Waals surface area contributed by atoms with Crippen molar-refractivity contribution < 1.29 is 9.18 Å². The first-order chi connectivity index (χ1) is 9.69. The molecule has 1 saturated heterocycles. The van der Waals surface area contributed by atoms with Crippen LogP contribution in [0.4, 0.5) is 4.39 Å². The summed E-state index contributed by atoms with van der Waals surface area (Å²) in [6.45, 7) is 3.51. The Labute approximate surface area is 131 Å². The van der Waals surface area contributed by atoms with Crippen molar-refractivity contribution in [1.82, 2.24) is 10.2 Å². The summed E-state index contributed by atoms with van der Waals surface area (Å²) in [6, 6.07) is 6.55. The molecule has 0 bridgehead atoms. The first-order valence-electron chi connectivity index (χ1n) is 7.13. The van der Waals surface area contributed by atoms with E-state index in [0.717, 1.165) is 38.0 Å². The summed E-state index contributed by atoms with van der Waals surface area (Å²) >= 11 is 0. The highest BCUT2D eigenvalue weighted by molar-refractivity contribution is 5.85. The highest BCUT2D eigenvalue weighted by Crippen LogP contribution is 2.18. The predicted octanol–water partition coefficient (Wildman–Crippen LogP) is 1.53. The summed E-state index contributed by atoms with van der Waals surface area (Å²) in [5.41, 5.74) is 6.47. The van der Waals surface area contributed by atoms with Gasteiger partial charge in [-0.25, -0.2) is 4.39 Å². The molecule has 0 aliphatic carbocycles. The van der Waals surface area contributed by atoms with E-state index < -0.39 is 0 Å². The molecule has 0 aromatic heterocycles. The molecule has 2 rings (SSSR count). The molecular weight excluding hydrogens is 293 g/mol. The van der Waals surface area contributed by atoms with Crippen LogP contribution in [0.2, 0.25) is 0 Å². The second-order valence-electron chi connectivity index (χ2n) is 5.28. The molecule has 1 heterocycles. The van der Waals surface area contributed by atoms with E-state index in [1.165, 1.54) is 12.1 Å². The van der Waals surface area contributed by atoms with Gasteiger partial charge in [0, 0.05) is 26.2 Å². The molecule has 1 aromatic rings. The maximum Gasteiger partial charge on any atom is 0.224 e. The van der Waals surface area contributed by atoms with Crippen molar-refractivity contribution in [2.75, 3.05) is 26.2 Å². The molecule has 1 atom stereocenters. The van der Waals surface area contributed by atoms with Crippen molar-refractivity contribution in [3.05, 3.63) is 35.6 Å². The van der Waals surface area contributed by atoms with Gasteiger partial charge < -0.3 is 11.1 Å². The number of benzene rings is 1. The zero-order valence-electron chi connectivity index (χ0n) is 12.1. The molecule has 1 aromatic carbocycles. The van der Waals surface area contributed by atoms with Gasteiger partial charge in [-0.05, 0) is 37.1 Å². The highest BCUT2D eigenvalue weighted by Gasteiger charge is 2.25. The first-order valence-corrected chi connectivity index (χ1v) is 7.13. The summed E-state index contributed by atoms with van der Waals surface area (Å²) in [7, 11) is 0. The van der Waals surface area contributed by atoms with Crippen molar-refractivity contribution in [1.29, 1.82) is 0 Å². The Morgan fingerprint density at radius 1 is 1.38 bits per heavy atom. The molecule has 1 amide bonds. The van der Waals surface area contributed by atoms with Gasteiger partial charge in [0.2, 0.25) is 5.91 Å². The third kappa shape index (κ3) is 5.61. The molecule has 0 radical (unpaired) electrons. The van der Waals surface area contributed by atoms with Gasteiger partial charge in [0.05, 0.1) is 5.92 Å². The summed E-state index contributed by atoms with van der Waals surface area (Å²) in [5, 5.41) is 2.85. The monoisotopic (exact) mass is 315 g/mol. The Kier molecular flexibility index (Phi) is 7.64. The van der Waals surface area contributed by atoms with Crippen LogP contribution in [-0.2, 0) is 11.3 Å². The number of hydrogen-bond acceptors (Lipinski definition) is 3. The van der Waals surface area contributed by atoms with Crippen LogP contribution in [-0.4, -0.2) is 37.0 Å². The molecule has 1 aliphatic rings. The van der Waals surface area contributed by atoms with Crippen LogP contribution in [0.15, 0.2) is 24.3 Å². The van der Waals surface area contributed by atoms with Gasteiger partial charge in [-0.15, -0.1) is 12.4 Å². The second kappa shape index (κ2) is 8.97. The maximum absolute atomic E-state index is 12.9. The van der Waals surface area contributed by atoms with Crippen molar-refractivity contribution in [3.8, 4) is 0 Å². The number of carbonyl (C=O) groups excluding carboxylic acids is 1. The third-order valence-corrected chi connectivity index (χ3v) is 3.64. The third-order valence-electron chi connectivity index (χ3n) is 3.64. The minimum atomic E-state index is -0.216. The van der Waals surface area contributed by atoms with Gasteiger partial charge in [-0.2, -0.15) is 0 Å². The number of nitrogens with two attached hydrogens (primary N) is 1. The van der Waals surface area contributed by atoms with Gasteiger partial charge in [0.15, 0.2) is 0 Å². The van der Waals surface area contributed by atoms with E-state index >= 15 is 0 Å². The number of nitrogens with one attached hydrogen (secondary N) is 1. The summed E-state index contributed by atoms with van der Waals surface area (Å²) in [6.07, 6.45) is 1.94. The van der Waals surface area contributed by atoms with E-state index in [4.69, 9.17) is 5.73 Å². The molecule has 1 unspecified atom stereocenters. The normalized spacial score (nSPS) is 18.9. The number of likely N-dealkylation sites (tertiary alicyclic amines) is 1. The minimum Gasteiger partial charge on any atom is -0.355 e. The van der Waals surface area contributed by atoms with E-state index in [-0.39, 0.29) is 30.0 Å². The van der Waals surface area contributed by atoms with Crippen molar-refractivity contribution in [3.63, 3.8) is 0 Å². The molecule has 1 fully saturated rings. The van der Waals surface area contributed by atoms with Gasteiger partial charge in [-0.1, -0.05) is 12.1 Å². The summed E-state index contributed by atoms with van der Waals surface area (Å²) < 4.78 is 12.9. The quantitative estimate of drug-likeness (QED) is 0.866. The largest absolute Gasteiger partial charge is 0.355 e. The van der Waals surface area contributed by atoms with Crippen LogP contribution in [0.5, 0.6) is 0 Å². The van der Waals surface area contributed by atoms with Crippen molar-refractivity contribution in [2.24, 2.45) is 11.7 Å². The minimum absolute atomic E-state index is 0. The fourth-order valence-electron chi connectivity index (χ4n) is 2.60. The molecule has 4 nitrogen and oxygen atoms in total. The van der Waals surface area contributed by atoms with Crippen LogP contribution in [0.3, 0.4) is 0 Å². The van der Waals surface area contributed by atoms with E-state index in [9.17, 15) is 9.18 Å². The lowest BCUT2D eigenvalue weighted by molar-refractivity contribution is -0.126. The van der Waals surface area contributed by atoms with Crippen molar-refractivity contribution in [2.45, 2.75) is 19.4 Å². The zero-order valence-corrected chi connectivity index (χ0v) is 12.9. The average molecular weight is 316 g/mol. The number of nitrogens with zero attached hydrogens (tertiary/aromatic N) is 1. The molecular formula is C15H23ClFN3O. The summed E-state index contributed by atoms with van der Waals surface area (Å²) in [4.78, 5) is 14.2. The summed E-state index contributed by atoms with van der Waals surface area (Å²) in [5.74, 6) is -0.0820. The lowest BCUT2D eigenvalue weighted by atomic mass is 9.96. The van der Waals surface area contributed by atoms with E-state index in [2.05, 4.69) is 10.2 Å². The van der Waals surface area contributed by atoms with Gasteiger partial charge in [-0.3, -0.25) is 9.69 Å². The van der Waals surface area contributed by atoms with Crippen LogP contribution >= 0.6 is 12.4 Å². The Hall–Kier alpha value is -1.17. The highest BCUT2D eigenvalue weighted by atomic mass is 35.5. The molecule has 118 valence electrons. The fraction of sp³-hybridized carbons (Fsp3) is 0.533. The van der Waals surface area contributed by atoms with Gasteiger partial charge >= 0.3 is 0 Å². The van der Waals surface area contributed by atoms with Crippen LogP contribution in [0, 0.1) is 11.7 Å². The molecule has 21 heavy (non-hydrogen) atoms. The molecule has 6 heteroatoms. The Balaban J connectivity index is 0.00000220. The number of hydrogen-bond donors (Lipinski definition) is 2.